The van der Waals surface area contributed by atoms with Crippen molar-refractivity contribution in [3.05, 3.63) is 17.8 Å². The molecule has 116 valence electrons. The first-order valence-electron chi connectivity index (χ1n) is 7.26. The average Bonchev–Trinajstić information content (AvgIpc) is 2.96. The Labute approximate surface area is 123 Å². The van der Waals surface area contributed by atoms with Crippen LogP contribution in [0, 0.1) is 5.92 Å². The van der Waals surface area contributed by atoms with Gasteiger partial charge in [0.25, 0.3) is 5.91 Å². The number of likely N-dealkylation sites (tertiary alicyclic amines) is 1. The first-order chi connectivity index (χ1) is 10.2. The standard InChI is InChI=1S/C14H21N3O4/c1-2-20-14(19)10-4-3-7-17(8-10)13(18)11-9-21-12(16-11)5-6-15/h9-10H,2-8,15H2,1H3. The Morgan fingerprint density at radius 3 is 3.10 bits per heavy atom. The topological polar surface area (TPSA) is 98.7 Å². The van der Waals surface area contributed by atoms with Gasteiger partial charge in [0.1, 0.15) is 6.26 Å². The van der Waals surface area contributed by atoms with Crippen LogP contribution in [0.4, 0.5) is 0 Å². The molecule has 1 aliphatic rings. The molecule has 0 saturated carbocycles. The number of ether oxygens (including phenoxy) is 1. The Bertz CT molecular complexity index is 500. The summed E-state index contributed by atoms with van der Waals surface area (Å²) in [5.41, 5.74) is 5.69. The molecule has 1 unspecified atom stereocenters. The number of esters is 1. The molecule has 1 aliphatic heterocycles. The molecule has 7 nitrogen and oxygen atoms in total. The van der Waals surface area contributed by atoms with Crippen LogP contribution >= 0.6 is 0 Å². The molecule has 0 bridgehead atoms. The van der Waals surface area contributed by atoms with E-state index in [0.717, 1.165) is 12.8 Å². The highest BCUT2D eigenvalue weighted by Gasteiger charge is 2.30. The molecule has 0 spiro atoms. The SMILES string of the molecule is CCOC(=O)C1CCCN(C(=O)c2coc(CCN)n2)C1. The van der Waals surface area contributed by atoms with Crippen molar-refractivity contribution in [2.75, 3.05) is 26.2 Å². The van der Waals surface area contributed by atoms with Crippen molar-refractivity contribution in [1.29, 1.82) is 0 Å². The Hall–Kier alpha value is -1.89. The van der Waals surface area contributed by atoms with Crippen molar-refractivity contribution in [3.63, 3.8) is 0 Å². The van der Waals surface area contributed by atoms with E-state index in [4.69, 9.17) is 14.9 Å². The number of nitrogens with two attached hydrogens (primary N) is 1. The van der Waals surface area contributed by atoms with Gasteiger partial charge in [-0.1, -0.05) is 0 Å². The second-order valence-electron chi connectivity index (χ2n) is 5.01. The Morgan fingerprint density at radius 1 is 1.57 bits per heavy atom. The van der Waals surface area contributed by atoms with Gasteiger partial charge in [-0.3, -0.25) is 9.59 Å². The van der Waals surface area contributed by atoms with E-state index >= 15 is 0 Å². The smallest absolute Gasteiger partial charge is 0.310 e. The number of amides is 1. The van der Waals surface area contributed by atoms with Crippen LogP contribution in [0.1, 0.15) is 36.1 Å². The number of piperidine rings is 1. The largest absolute Gasteiger partial charge is 0.466 e. The molecule has 1 fully saturated rings. The molecule has 2 N–H and O–H groups in total. The molecular weight excluding hydrogens is 274 g/mol. The van der Waals surface area contributed by atoms with E-state index in [1.165, 1.54) is 6.26 Å². The highest BCUT2D eigenvalue weighted by atomic mass is 16.5. The number of carbonyl (C=O) groups excluding carboxylic acids is 2. The molecule has 7 heteroatoms. The van der Waals surface area contributed by atoms with Crippen molar-refractivity contribution < 1.29 is 18.7 Å². The van der Waals surface area contributed by atoms with Crippen molar-refractivity contribution >= 4 is 11.9 Å². The van der Waals surface area contributed by atoms with Crippen molar-refractivity contribution in [1.82, 2.24) is 9.88 Å². The second-order valence-corrected chi connectivity index (χ2v) is 5.01. The quantitative estimate of drug-likeness (QED) is 0.798. The molecule has 1 aromatic rings. The predicted octanol–water partition coefficient (Wildman–Crippen LogP) is 0.591. The third kappa shape index (κ3) is 3.81. The Morgan fingerprint density at radius 2 is 2.38 bits per heavy atom. The fraction of sp³-hybridized carbons (Fsp3) is 0.643. The summed E-state index contributed by atoms with van der Waals surface area (Å²) < 4.78 is 10.2. The number of aromatic nitrogens is 1. The minimum Gasteiger partial charge on any atom is -0.466 e. The summed E-state index contributed by atoms with van der Waals surface area (Å²) in [6.07, 6.45) is 3.38. The lowest BCUT2D eigenvalue weighted by molar-refractivity contribution is -0.149. The van der Waals surface area contributed by atoms with Gasteiger partial charge >= 0.3 is 5.97 Å². The minimum absolute atomic E-state index is 0.212. The van der Waals surface area contributed by atoms with Crippen LogP contribution in [0.3, 0.4) is 0 Å². The third-order valence-corrected chi connectivity index (χ3v) is 3.46. The van der Waals surface area contributed by atoms with E-state index in [1.807, 2.05) is 0 Å². The summed E-state index contributed by atoms with van der Waals surface area (Å²) in [6, 6.07) is 0. The van der Waals surface area contributed by atoms with Crippen LogP contribution in [-0.2, 0) is 16.0 Å². The van der Waals surface area contributed by atoms with Gasteiger partial charge < -0.3 is 19.8 Å². The average molecular weight is 295 g/mol. The van der Waals surface area contributed by atoms with Crippen LogP contribution in [0.5, 0.6) is 0 Å². The molecule has 0 radical (unpaired) electrons. The number of carbonyl (C=O) groups is 2. The summed E-state index contributed by atoms with van der Waals surface area (Å²) in [4.78, 5) is 29.9. The number of rotatable bonds is 5. The highest BCUT2D eigenvalue weighted by molar-refractivity contribution is 5.92. The summed E-state index contributed by atoms with van der Waals surface area (Å²) in [5, 5.41) is 0. The fourth-order valence-corrected chi connectivity index (χ4v) is 2.42. The van der Waals surface area contributed by atoms with E-state index in [1.54, 1.807) is 11.8 Å². The second kappa shape index (κ2) is 7.21. The van der Waals surface area contributed by atoms with E-state index in [2.05, 4.69) is 4.98 Å². The van der Waals surface area contributed by atoms with Crippen molar-refractivity contribution in [2.24, 2.45) is 11.7 Å². The summed E-state index contributed by atoms with van der Waals surface area (Å²) in [7, 11) is 0. The maximum Gasteiger partial charge on any atom is 0.310 e. The van der Waals surface area contributed by atoms with E-state index < -0.39 is 0 Å². The van der Waals surface area contributed by atoms with E-state index in [0.29, 0.717) is 38.6 Å². The molecule has 1 atom stereocenters. The monoisotopic (exact) mass is 295 g/mol. The summed E-state index contributed by atoms with van der Waals surface area (Å²) in [6.45, 7) is 3.54. The lowest BCUT2D eigenvalue weighted by Crippen LogP contribution is -2.43. The number of hydrogen-bond acceptors (Lipinski definition) is 6. The zero-order valence-corrected chi connectivity index (χ0v) is 12.2. The van der Waals surface area contributed by atoms with Crippen LogP contribution in [0.15, 0.2) is 10.7 Å². The zero-order valence-electron chi connectivity index (χ0n) is 12.2. The van der Waals surface area contributed by atoms with Gasteiger partial charge in [0.2, 0.25) is 0 Å². The molecule has 2 heterocycles. The Balaban J connectivity index is 1.99. The molecule has 0 aliphatic carbocycles. The van der Waals surface area contributed by atoms with Gasteiger partial charge in [0.15, 0.2) is 11.6 Å². The van der Waals surface area contributed by atoms with Gasteiger partial charge in [-0.25, -0.2) is 4.98 Å². The van der Waals surface area contributed by atoms with Gasteiger partial charge in [-0.2, -0.15) is 0 Å². The number of hydrogen-bond donors (Lipinski definition) is 1. The van der Waals surface area contributed by atoms with E-state index in [9.17, 15) is 9.59 Å². The van der Waals surface area contributed by atoms with E-state index in [-0.39, 0.29) is 23.5 Å². The first-order valence-corrected chi connectivity index (χ1v) is 7.26. The van der Waals surface area contributed by atoms with Crippen molar-refractivity contribution in [2.45, 2.75) is 26.2 Å². The lowest BCUT2D eigenvalue weighted by Gasteiger charge is -2.30. The lowest BCUT2D eigenvalue weighted by atomic mass is 9.98. The Kier molecular flexibility index (Phi) is 5.32. The van der Waals surface area contributed by atoms with Crippen LogP contribution in [-0.4, -0.2) is 48.0 Å². The van der Waals surface area contributed by atoms with Crippen LogP contribution in [0.25, 0.3) is 0 Å². The summed E-state index contributed by atoms with van der Waals surface area (Å²) in [5.74, 6) is -0.243. The molecule has 21 heavy (non-hydrogen) atoms. The first kappa shape index (κ1) is 15.5. The van der Waals surface area contributed by atoms with Crippen molar-refractivity contribution in [3.8, 4) is 0 Å². The maximum absolute atomic E-state index is 12.4. The van der Waals surface area contributed by atoms with Crippen LogP contribution in [0.2, 0.25) is 0 Å². The third-order valence-electron chi connectivity index (χ3n) is 3.46. The zero-order chi connectivity index (χ0) is 15.2. The predicted molar refractivity (Wildman–Crippen MR) is 74.5 cm³/mol. The van der Waals surface area contributed by atoms with Crippen LogP contribution < -0.4 is 5.73 Å². The normalized spacial score (nSPS) is 18.6. The number of oxazole rings is 1. The highest BCUT2D eigenvalue weighted by Crippen LogP contribution is 2.20. The van der Waals surface area contributed by atoms with Gasteiger partial charge in [0.05, 0.1) is 12.5 Å². The number of nitrogens with zero attached hydrogens (tertiary/aromatic N) is 2. The molecule has 1 amide bonds. The van der Waals surface area contributed by atoms with Gasteiger partial charge in [-0.05, 0) is 19.8 Å². The molecule has 1 aromatic heterocycles. The molecular formula is C14H21N3O4. The maximum atomic E-state index is 12.4. The summed E-state index contributed by atoms with van der Waals surface area (Å²) >= 11 is 0. The molecule has 0 aromatic carbocycles. The fourth-order valence-electron chi connectivity index (χ4n) is 2.42. The van der Waals surface area contributed by atoms with Gasteiger partial charge in [0, 0.05) is 26.1 Å². The minimum atomic E-state index is -0.252. The molecule has 1 saturated heterocycles. The van der Waals surface area contributed by atoms with Gasteiger partial charge in [-0.15, -0.1) is 0 Å². The molecule has 2 rings (SSSR count).